The van der Waals surface area contributed by atoms with E-state index in [2.05, 4.69) is 22.2 Å². The highest BCUT2D eigenvalue weighted by Gasteiger charge is 2.17. The van der Waals surface area contributed by atoms with Crippen molar-refractivity contribution in [2.24, 2.45) is 5.92 Å². The predicted octanol–water partition coefficient (Wildman–Crippen LogP) is 1.53. The van der Waals surface area contributed by atoms with Crippen molar-refractivity contribution in [2.45, 2.75) is 19.4 Å². The second kappa shape index (κ2) is 7.45. The van der Waals surface area contributed by atoms with Gasteiger partial charge < -0.3 is 19.7 Å². The molecule has 0 spiro atoms. The van der Waals surface area contributed by atoms with Gasteiger partial charge in [0, 0.05) is 25.4 Å². The van der Waals surface area contributed by atoms with Crippen LogP contribution in [-0.2, 0) is 6.54 Å². The van der Waals surface area contributed by atoms with Gasteiger partial charge in [0.1, 0.15) is 5.69 Å². The number of methoxy groups -OCH3 is 2. The average molecular weight is 279 g/mol. The third-order valence-corrected chi connectivity index (χ3v) is 3.75. The molecule has 0 radical (unpaired) electrons. The molecule has 1 saturated heterocycles. The lowest BCUT2D eigenvalue weighted by Crippen LogP contribution is -2.36. The maximum atomic E-state index is 5.43. The summed E-state index contributed by atoms with van der Waals surface area (Å²) in [6.45, 7) is 4.13. The molecular formula is C15H25N3O2. The van der Waals surface area contributed by atoms with Gasteiger partial charge in [-0.1, -0.05) is 0 Å². The Morgan fingerprint density at radius 3 is 2.90 bits per heavy atom. The van der Waals surface area contributed by atoms with Crippen molar-refractivity contribution < 1.29 is 9.47 Å². The molecule has 0 saturated carbocycles. The maximum Gasteiger partial charge on any atom is 0.183 e. The molecular weight excluding hydrogens is 254 g/mol. The van der Waals surface area contributed by atoms with Crippen molar-refractivity contribution in [3.05, 3.63) is 18.0 Å². The normalized spacial score (nSPS) is 19.1. The zero-order valence-electron chi connectivity index (χ0n) is 12.7. The number of rotatable bonds is 6. The van der Waals surface area contributed by atoms with Gasteiger partial charge in [0.05, 0.1) is 14.2 Å². The third kappa shape index (κ3) is 3.84. The summed E-state index contributed by atoms with van der Waals surface area (Å²) in [5.74, 6) is 2.21. The van der Waals surface area contributed by atoms with E-state index < -0.39 is 0 Å². The second-order valence-corrected chi connectivity index (χ2v) is 5.40. The van der Waals surface area contributed by atoms with Gasteiger partial charge in [-0.2, -0.15) is 0 Å². The summed E-state index contributed by atoms with van der Waals surface area (Å²) in [6.07, 6.45) is 4.35. The van der Waals surface area contributed by atoms with Crippen LogP contribution in [0.3, 0.4) is 0 Å². The fourth-order valence-corrected chi connectivity index (χ4v) is 2.80. The highest BCUT2D eigenvalue weighted by molar-refractivity contribution is 5.42. The highest BCUT2D eigenvalue weighted by Crippen LogP contribution is 2.29. The molecule has 112 valence electrons. The molecule has 2 heterocycles. The Labute approximate surface area is 121 Å². The summed E-state index contributed by atoms with van der Waals surface area (Å²) in [6, 6.07) is 1.83. The van der Waals surface area contributed by atoms with E-state index in [1.54, 1.807) is 20.4 Å². The number of piperidine rings is 1. The largest absolute Gasteiger partial charge is 0.493 e. The van der Waals surface area contributed by atoms with Crippen LogP contribution < -0.4 is 14.8 Å². The first-order chi connectivity index (χ1) is 9.74. The first-order valence-corrected chi connectivity index (χ1v) is 7.19. The van der Waals surface area contributed by atoms with Gasteiger partial charge in [0.15, 0.2) is 11.5 Å². The van der Waals surface area contributed by atoms with Gasteiger partial charge >= 0.3 is 0 Å². The Bertz CT molecular complexity index is 420. The quantitative estimate of drug-likeness (QED) is 0.855. The molecule has 1 atom stereocenters. The van der Waals surface area contributed by atoms with Crippen molar-refractivity contribution >= 4 is 0 Å². The molecule has 0 aromatic carbocycles. The van der Waals surface area contributed by atoms with E-state index in [0.29, 0.717) is 0 Å². The molecule has 20 heavy (non-hydrogen) atoms. The van der Waals surface area contributed by atoms with Gasteiger partial charge in [0.25, 0.3) is 0 Å². The van der Waals surface area contributed by atoms with Crippen LogP contribution in [0.25, 0.3) is 0 Å². The highest BCUT2D eigenvalue weighted by atomic mass is 16.5. The Hall–Kier alpha value is -1.33. The second-order valence-electron chi connectivity index (χ2n) is 5.40. The van der Waals surface area contributed by atoms with E-state index in [1.165, 1.54) is 12.8 Å². The fourth-order valence-electron chi connectivity index (χ4n) is 2.80. The molecule has 1 aromatic heterocycles. The van der Waals surface area contributed by atoms with Gasteiger partial charge in [-0.15, -0.1) is 0 Å². The minimum atomic E-state index is 0.727. The van der Waals surface area contributed by atoms with E-state index in [9.17, 15) is 0 Å². The molecule has 1 N–H and O–H groups in total. The molecule has 2 rings (SSSR count). The van der Waals surface area contributed by atoms with Crippen LogP contribution in [0, 0.1) is 5.92 Å². The van der Waals surface area contributed by atoms with Crippen molar-refractivity contribution in [1.82, 2.24) is 15.2 Å². The van der Waals surface area contributed by atoms with Crippen LogP contribution in [-0.4, -0.2) is 50.8 Å². The lowest BCUT2D eigenvalue weighted by molar-refractivity contribution is 0.232. The van der Waals surface area contributed by atoms with Gasteiger partial charge in [-0.05, 0) is 38.9 Å². The lowest BCUT2D eigenvalue weighted by atomic mass is 9.99. The van der Waals surface area contributed by atoms with E-state index in [0.717, 1.165) is 49.3 Å². The van der Waals surface area contributed by atoms with Crippen LogP contribution in [0.5, 0.6) is 11.5 Å². The predicted molar refractivity (Wildman–Crippen MR) is 79.3 cm³/mol. The first-order valence-electron chi connectivity index (χ1n) is 7.19. The van der Waals surface area contributed by atoms with E-state index in [1.807, 2.05) is 6.07 Å². The standard InChI is InChI=1S/C15H25N3O2/c1-18(10-12-5-4-7-16-9-12)11-13-15(20-3)14(19-2)6-8-17-13/h6,8,12,16H,4-5,7,9-11H2,1-3H3. The summed E-state index contributed by atoms with van der Waals surface area (Å²) in [4.78, 5) is 6.74. The molecule has 1 aliphatic heterocycles. The van der Waals surface area contributed by atoms with Crippen LogP contribution in [0.4, 0.5) is 0 Å². The third-order valence-electron chi connectivity index (χ3n) is 3.75. The topological polar surface area (TPSA) is 46.6 Å². The number of nitrogens with zero attached hydrogens (tertiary/aromatic N) is 2. The van der Waals surface area contributed by atoms with Crippen LogP contribution in [0.15, 0.2) is 12.3 Å². The van der Waals surface area contributed by atoms with Crippen molar-refractivity contribution in [2.75, 3.05) is 40.9 Å². The fraction of sp³-hybridized carbons (Fsp3) is 0.667. The van der Waals surface area contributed by atoms with E-state index in [4.69, 9.17) is 9.47 Å². The number of aromatic nitrogens is 1. The SMILES string of the molecule is COc1ccnc(CN(C)CC2CCCNC2)c1OC. The maximum absolute atomic E-state index is 5.43. The lowest BCUT2D eigenvalue weighted by Gasteiger charge is -2.27. The average Bonchev–Trinajstić information content (AvgIpc) is 2.47. The molecule has 0 amide bonds. The van der Waals surface area contributed by atoms with Crippen LogP contribution in [0.1, 0.15) is 18.5 Å². The summed E-state index contributed by atoms with van der Waals surface area (Å²) in [5.41, 5.74) is 0.929. The first kappa shape index (κ1) is 15.1. The van der Waals surface area contributed by atoms with Crippen molar-refractivity contribution in [1.29, 1.82) is 0 Å². The van der Waals surface area contributed by atoms with E-state index >= 15 is 0 Å². The molecule has 5 nitrogen and oxygen atoms in total. The smallest absolute Gasteiger partial charge is 0.183 e. The van der Waals surface area contributed by atoms with E-state index in [-0.39, 0.29) is 0 Å². The summed E-state index contributed by atoms with van der Waals surface area (Å²) in [5, 5.41) is 3.46. The molecule has 5 heteroatoms. The Kier molecular flexibility index (Phi) is 5.61. The number of hydrogen-bond acceptors (Lipinski definition) is 5. The van der Waals surface area contributed by atoms with Crippen LogP contribution >= 0.6 is 0 Å². The molecule has 0 bridgehead atoms. The van der Waals surface area contributed by atoms with Gasteiger partial charge in [0.2, 0.25) is 0 Å². The number of pyridine rings is 1. The number of nitrogens with one attached hydrogen (secondary N) is 1. The molecule has 1 aromatic rings. The number of hydrogen-bond donors (Lipinski definition) is 1. The molecule has 1 unspecified atom stereocenters. The summed E-state index contributed by atoms with van der Waals surface area (Å²) >= 11 is 0. The monoisotopic (exact) mass is 279 g/mol. The van der Waals surface area contributed by atoms with Gasteiger partial charge in [-0.25, -0.2) is 0 Å². The summed E-state index contributed by atoms with van der Waals surface area (Å²) < 4.78 is 10.7. The number of ether oxygens (including phenoxy) is 2. The Morgan fingerprint density at radius 2 is 2.25 bits per heavy atom. The Morgan fingerprint density at radius 1 is 1.40 bits per heavy atom. The minimum absolute atomic E-state index is 0.727. The van der Waals surface area contributed by atoms with Gasteiger partial charge in [-0.3, -0.25) is 4.98 Å². The van der Waals surface area contributed by atoms with Crippen molar-refractivity contribution in [3.63, 3.8) is 0 Å². The molecule has 0 aliphatic carbocycles. The van der Waals surface area contributed by atoms with Crippen LogP contribution in [0.2, 0.25) is 0 Å². The molecule has 1 fully saturated rings. The molecule has 1 aliphatic rings. The van der Waals surface area contributed by atoms with Crippen molar-refractivity contribution in [3.8, 4) is 11.5 Å². The Balaban J connectivity index is 1.97. The summed E-state index contributed by atoms with van der Waals surface area (Å²) in [7, 11) is 5.45. The minimum Gasteiger partial charge on any atom is -0.493 e. The zero-order chi connectivity index (χ0) is 14.4. The zero-order valence-corrected chi connectivity index (χ0v) is 12.7.